The summed E-state index contributed by atoms with van der Waals surface area (Å²) in [6.45, 7) is 1.85. The Morgan fingerprint density at radius 3 is 1.37 bits per heavy atom. The molecule has 0 amide bonds. The van der Waals surface area contributed by atoms with Crippen LogP contribution in [0.1, 0.15) is 12.5 Å². The molecule has 0 nitrogen and oxygen atoms in total. The van der Waals surface area contributed by atoms with Crippen LogP contribution in [0.4, 0.5) is 30.7 Å². The smallest absolute Gasteiger partial charge is 0.194 e. The summed E-state index contributed by atoms with van der Waals surface area (Å²) >= 11 is 0. The van der Waals surface area contributed by atoms with Crippen molar-refractivity contribution in [3.63, 3.8) is 0 Å². The van der Waals surface area contributed by atoms with E-state index in [0.29, 0.717) is 6.42 Å². The Morgan fingerprint density at radius 1 is 0.556 bits per heavy atom. The maximum atomic E-state index is 14.5. The molecule has 0 N–H and O–H groups in total. The van der Waals surface area contributed by atoms with Gasteiger partial charge in [0.05, 0.1) is 11.1 Å². The summed E-state index contributed by atoms with van der Waals surface area (Å²) in [7, 11) is 0. The van der Waals surface area contributed by atoms with Crippen LogP contribution in [0.3, 0.4) is 0 Å². The summed E-state index contributed by atoms with van der Waals surface area (Å²) < 4.78 is 97.7. The van der Waals surface area contributed by atoms with Crippen LogP contribution in [-0.4, -0.2) is 0 Å². The van der Waals surface area contributed by atoms with Gasteiger partial charge in [0.2, 0.25) is 0 Å². The van der Waals surface area contributed by atoms with Crippen molar-refractivity contribution in [2.75, 3.05) is 0 Å². The Balaban J connectivity index is 2.25. The molecule has 0 aromatic heterocycles. The lowest BCUT2D eigenvalue weighted by atomic mass is 9.96. The molecule has 0 aliphatic rings. The number of rotatable bonds is 3. The van der Waals surface area contributed by atoms with Crippen molar-refractivity contribution >= 4 is 0 Å². The fraction of sp³-hybridized carbons (Fsp3) is 0.100. The van der Waals surface area contributed by atoms with E-state index in [9.17, 15) is 30.7 Å². The highest BCUT2D eigenvalue weighted by Gasteiger charge is 2.28. The van der Waals surface area contributed by atoms with Gasteiger partial charge in [0.15, 0.2) is 40.7 Å². The zero-order valence-electron chi connectivity index (χ0n) is 13.8. The van der Waals surface area contributed by atoms with Gasteiger partial charge in [-0.2, -0.15) is 0 Å². The van der Waals surface area contributed by atoms with Gasteiger partial charge in [-0.3, -0.25) is 0 Å². The molecular formula is C20H11F7. The number of aryl methyl sites for hydroxylation is 1. The van der Waals surface area contributed by atoms with Gasteiger partial charge in [0, 0.05) is 0 Å². The number of benzene rings is 3. The van der Waals surface area contributed by atoms with Gasteiger partial charge in [0.1, 0.15) is 0 Å². The summed E-state index contributed by atoms with van der Waals surface area (Å²) in [5.74, 6) is -12.5. The van der Waals surface area contributed by atoms with Crippen molar-refractivity contribution < 1.29 is 30.7 Å². The van der Waals surface area contributed by atoms with Crippen molar-refractivity contribution in [2.24, 2.45) is 0 Å². The van der Waals surface area contributed by atoms with E-state index in [-0.39, 0.29) is 17.7 Å². The SMILES string of the molecule is CCc1ccc(-c2c(F)c(F)c(-c3cc(F)c(F)c(F)c3)c(F)c2F)cc1. The van der Waals surface area contributed by atoms with Crippen molar-refractivity contribution in [1.29, 1.82) is 0 Å². The molecule has 0 aliphatic carbocycles. The molecule has 0 saturated heterocycles. The standard InChI is InChI=1S/C20H11F7/c1-2-9-3-5-10(6-4-9)14-17(24)19(26)15(20(27)18(14)25)11-7-12(21)16(23)13(22)8-11/h3-8H,2H2,1H3. The molecule has 3 aromatic carbocycles. The van der Waals surface area contributed by atoms with Crippen molar-refractivity contribution in [2.45, 2.75) is 13.3 Å². The van der Waals surface area contributed by atoms with Crippen LogP contribution >= 0.6 is 0 Å². The molecule has 0 aliphatic heterocycles. The van der Waals surface area contributed by atoms with Crippen molar-refractivity contribution in [1.82, 2.24) is 0 Å². The van der Waals surface area contributed by atoms with Gasteiger partial charge in [-0.05, 0) is 35.2 Å². The van der Waals surface area contributed by atoms with Gasteiger partial charge >= 0.3 is 0 Å². The molecule has 0 saturated carbocycles. The molecule has 0 heterocycles. The second-order valence-electron chi connectivity index (χ2n) is 5.81. The Morgan fingerprint density at radius 2 is 0.963 bits per heavy atom. The number of halogens is 7. The highest BCUT2D eigenvalue weighted by atomic mass is 19.2. The first-order valence-electron chi connectivity index (χ1n) is 7.86. The molecular weight excluding hydrogens is 373 g/mol. The Bertz CT molecular complexity index is 971. The molecule has 7 heteroatoms. The second-order valence-corrected chi connectivity index (χ2v) is 5.81. The Kier molecular flexibility index (Phi) is 4.95. The van der Waals surface area contributed by atoms with E-state index in [1.54, 1.807) is 12.1 Å². The summed E-state index contributed by atoms with van der Waals surface area (Å²) in [4.78, 5) is 0. The lowest BCUT2D eigenvalue weighted by Crippen LogP contribution is -2.04. The average molecular weight is 384 g/mol. The molecule has 0 fully saturated rings. The van der Waals surface area contributed by atoms with Crippen molar-refractivity contribution in [3.8, 4) is 22.3 Å². The maximum absolute atomic E-state index is 14.5. The third kappa shape index (κ3) is 3.18. The highest BCUT2D eigenvalue weighted by molar-refractivity contribution is 5.73. The van der Waals surface area contributed by atoms with Crippen LogP contribution in [0, 0.1) is 40.7 Å². The molecule has 0 bridgehead atoms. The first kappa shape index (κ1) is 18.9. The van der Waals surface area contributed by atoms with E-state index in [0.717, 1.165) is 5.56 Å². The van der Waals surface area contributed by atoms with E-state index >= 15 is 0 Å². The van der Waals surface area contributed by atoms with Crippen LogP contribution in [-0.2, 0) is 6.42 Å². The Hall–Kier alpha value is -2.83. The van der Waals surface area contributed by atoms with Gasteiger partial charge in [-0.1, -0.05) is 31.2 Å². The largest absolute Gasteiger partial charge is 0.204 e. The zero-order valence-corrected chi connectivity index (χ0v) is 13.8. The molecule has 0 radical (unpaired) electrons. The fourth-order valence-corrected chi connectivity index (χ4v) is 2.75. The third-order valence-electron chi connectivity index (χ3n) is 4.19. The minimum absolute atomic E-state index is 0.108. The summed E-state index contributed by atoms with van der Waals surface area (Å²) in [6, 6.07) is 6.21. The summed E-state index contributed by atoms with van der Waals surface area (Å²) in [6.07, 6.45) is 0.647. The van der Waals surface area contributed by atoms with Crippen LogP contribution < -0.4 is 0 Å². The normalized spacial score (nSPS) is 11.1. The van der Waals surface area contributed by atoms with E-state index in [2.05, 4.69) is 0 Å². The quantitative estimate of drug-likeness (QED) is 0.273. The topological polar surface area (TPSA) is 0 Å². The van der Waals surface area contributed by atoms with E-state index in [1.807, 2.05) is 6.92 Å². The second kappa shape index (κ2) is 7.06. The molecule has 3 aromatic rings. The number of hydrogen-bond donors (Lipinski definition) is 0. The van der Waals surface area contributed by atoms with Gasteiger partial charge in [0.25, 0.3) is 0 Å². The average Bonchev–Trinajstić information content (AvgIpc) is 2.65. The predicted octanol–water partition coefficient (Wildman–Crippen LogP) is 6.56. The monoisotopic (exact) mass is 384 g/mol. The Labute approximate surface area is 149 Å². The summed E-state index contributed by atoms with van der Waals surface area (Å²) in [5, 5.41) is 0. The lowest BCUT2D eigenvalue weighted by molar-refractivity contribution is 0.445. The maximum Gasteiger partial charge on any atom is 0.194 e. The van der Waals surface area contributed by atoms with Gasteiger partial charge in [-0.25, -0.2) is 30.7 Å². The molecule has 27 heavy (non-hydrogen) atoms. The number of hydrogen-bond acceptors (Lipinski definition) is 0. The minimum Gasteiger partial charge on any atom is -0.204 e. The molecule has 0 unspecified atom stereocenters. The molecule has 3 rings (SSSR count). The third-order valence-corrected chi connectivity index (χ3v) is 4.19. The first-order chi connectivity index (χ1) is 12.8. The highest BCUT2D eigenvalue weighted by Crippen LogP contribution is 2.37. The first-order valence-corrected chi connectivity index (χ1v) is 7.86. The zero-order chi connectivity index (χ0) is 19.9. The summed E-state index contributed by atoms with van der Waals surface area (Å²) in [5.41, 5.74) is -2.40. The predicted molar refractivity (Wildman–Crippen MR) is 86.4 cm³/mol. The van der Waals surface area contributed by atoms with Crippen LogP contribution in [0.25, 0.3) is 22.3 Å². The van der Waals surface area contributed by atoms with Crippen LogP contribution in [0.5, 0.6) is 0 Å². The van der Waals surface area contributed by atoms with E-state index in [1.165, 1.54) is 12.1 Å². The van der Waals surface area contributed by atoms with Gasteiger partial charge < -0.3 is 0 Å². The molecule has 140 valence electrons. The van der Waals surface area contributed by atoms with E-state index < -0.39 is 57.4 Å². The van der Waals surface area contributed by atoms with Crippen molar-refractivity contribution in [3.05, 3.63) is 82.7 Å². The minimum atomic E-state index is -1.87. The van der Waals surface area contributed by atoms with Crippen LogP contribution in [0.2, 0.25) is 0 Å². The molecule has 0 atom stereocenters. The van der Waals surface area contributed by atoms with E-state index in [4.69, 9.17) is 0 Å². The fourth-order valence-electron chi connectivity index (χ4n) is 2.75. The molecule has 0 spiro atoms. The lowest BCUT2D eigenvalue weighted by Gasteiger charge is -2.13. The van der Waals surface area contributed by atoms with Gasteiger partial charge in [-0.15, -0.1) is 0 Å². The van der Waals surface area contributed by atoms with Crippen LogP contribution in [0.15, 0.2) is 36.4 Å².